The minimum atomic E-state index is -1.21. The van der Waals surface area contributed by atoms with E-state index in [1.165, 1.54) is 32.1 Å². The molecule has 7 unspecified atom stereocenters. The van der Waals surface area contributed by atoms with Gasteiger partial charge in [0.25, 0.3) is 0 Å². The summed E-state index contributed by atoms with van der Waals surface area (Å²) in [5.74, 6) is -0.164. The molecule has 5 aliphatic rings. The standard InChI is InChI=1S/C29H42O3/c1-18-8-11-22(30)29(24(31)32)17-16-27(5)19(23(18)29)9-10-21-26(4)14-7-13-25(2,3)20(26)12-15-28(21,27)6/h8,10,19-20,23H,7,9,11-17H2,1-6H3,(H,31,32). The van der Waals surface area contributed by atoms with Gasteiger partial charge in [-0.15, -0.1) is 0 Å². The number of carboxylic acid groups (broad SMARTS) is 1. The normalized spacial score (nSPS) is 49.6. The maximum Gasteiger partial charge on any atom is 0.317 e. The summed E-state index contributed by atoms with van der Waals surface area (Å²) in [5.41, 5.74) is 2.35. The molecule has 32 heavy (non-hydrogen) atoms. The molecule has 3 fully saturated rings. The van der Waals surface area contributed by atoms with Gasteiger partial charge in [-0.2, -0.15) is 0 Å². The van der Waals surface area contributed by atoms with E-state index in [0.717, 1.165) is 24.3 Å². The molecule has 176 valence electrons. The molecule has 3 saturated carbocycles. The van der Waals surface area contributed by atoms with Crippen LogP contribution >= 0.6 is 0 Å². The van der Waals surface area contributed by atoms with Crippen molar-refractivity contribution in [2.45, 2.75) is 99.3 Å². The van der Waals surface area contributed by atoms with Gasteiger partial charge < -0.3 is 5.11 Å². The molecule has 0 aromatic carbocycles. The fourth-order valence-electron chi connectivity index (χ4n) is 10.2. The van der Waals surface area contributed by atoms with Gasteiger partial charge in [0.2, 0.25) is 0 Å². The van der Waals surface area contributed by atoms with Crippen LogP contribution in [0.25, 0.3) is 0 Å². The first-order chi connectivity index (χ1) is 14.8. The van der Waals surface area contributed by atoms with Gasteiger partial charge in [0, 0.05) is 12.3 Å². The summed E-state index contributed by atoms with van der Waals surface area (Å²) < 4.78 is 0. The predicted molar refractivity (Wildman–Crippen MR) is 127 cm³/mol. The monoisotopic (exact) mass is 438 g/mol. The summed E-state index contributed by atoms with van der Waals surface area (Å²) in [6.45, 7) is 14.6. The molecule has 0 aromatic rings. The third-order valence-electron chi connectivity index (χ3n) is 12.0. The molecule has 5 rings (SSSR count). The highest BCUT2D eigenvalue weighted by Gasteiger charge is 2.69. The van der Waals surface area contributed by atoms with E-state index in [2.05, 4.69) is 47.6 Å². The van der Waals surface area contributed by atoms with Crippen LogP contribution in [0.2, 0.25) is 0 Å². The lowest BCUT2D eigenvalue weighted by molar-refractivity contribution is -0.178. The number of carbonyl (C=O) groups is 2. The Kier molecular flexibility index (Phi) is 4.62. The molecule has 0 aromatic heterocycles. The van der Waals surface area contributed by atoms with Gasteiger partial charge in [-0.25, -0.2) is 0 Å². The van der Waals surface area contributed by atoms with Crippen molar-refractivity contribution in [2.75, 3.05) is 0 Å². The number of rotatable bonds is 1. The number of allylic oxidation sites excluding steroid dienone is 4. The van der Waals surface area contributed by atoms with E-state index in [4.69, 9.17) is 0 Å². The highest BCUT2D eigenvalue weighted by atomic mass is 16.4. The van der Waals surface area contributed by atoms with E-state index < -0.39 is 11.4 Å². The van der Waals surface area contributed by atoms with Gasteiger partial charge in [-0.1, -0.05) is 64.3 Å². The largest absolute Gasteiger partial charge is 0.480 e. The maximum absolute atomic E-state index is 13.1. The summed E-state index contributed by atoms with van der Waals surface area (Å²) in [7, 11) is 0. The Hall–Kier alpha value is -1.38. The van der Waals surface area contributed by atoms with E-state index in [-0.39, 0.29) is 40.3 Å². The third kappa shape index (κ3) is 2.44. The highest BCUT2D eigenvalue weighted by molar-refractivity contribution is 6.05. The first-order valence-electron chi connectivity index (χ1n) is 13.0. The van der Waals surface area contributed by atoms with Crippen LogP contribution in [0.4, 0.5) is 0 Å². The number of carbonyl (C=O) groups excluding carboxylic acids is 1. The maximum atomic E-state index is 13.1. The molecule has 0 bridgehead atoms. The zero-order valence-corrected chi connectivity index (χ0v) is 21.0. The van der Waals surface area contributed by atoms with Crippen LogP contribution in [-0.2, 0) is 9.59 Å². The second kappa shape index (κ2) is 6.60. The van der Waals surface area contributed by atoms with Crippen LogP contribution in [0.5, 0.6) is 0 Å². The summed E-state index contributed by atoms with van der Waals surface area (Å²) in [4.78, 5) is 25.8. The molecule has 7 atom stereocenters. The summed E-state index contributed by atoms with van der Waals surface area (Å²) in [6, 6.07) is 0. The van der Waals surface area contributed by atoms with Crippen LogP contribution < -0.4 is 0 Å². The molecule has 5 aliphatic carbocycles. The minimum Gasteiger partial charge on any atom is -0.480 e. The van der Waals surface area contributed by atoms with Crippen molar-refractivity contribution in [3.8, 4) is 0 Å². The molecule has 0 heterocycles. The Morgan fingerprint density at radius 1 is 1.00 bits per heavy atom. The summed E-state index contributed by atoms with van der Waals surface area (Å²) >= 11 is 0. The number of fused-ring (bicyclic) bond motifs is 7. The molecule has 1 N–H and O–H groups in total. The Labute approximate surface area is 194 Å². The van der Waals surface area contributed by atoms with E-state index in [0.29, 0.717) is 11.8 Å². The molecule has 3 heteroatoms. The van der Waals surface area contributed by atoms with Crippen LogP contribution in [0.15, 0.2) is 23.3 Å². The van der Waals surface area contributed by atoms with E-state index in [1.807, 2.05) is 6.08 Å². The molecular formula is C29H42O3. The van der Waals surface area contributed by atoms with Gasteiger partial charge in [0.05, 0.1) is 0 Å². The fraction of sp³-hybridized carbons (Fsp3) is 0.793. The van der Waals surface area contributed by atoms with Crippen LogP contribution in [0.1, 0.15) is 99.3 Å². The van der Waals surface area contributed by atoms with Crippen molar-refractivity contribution in [3.05, 3.63) is 23.3 Å². The average molecular weight is 439 g/mol. The van der Waals surface area contributed by atoms with Crippen molar-refractivity contribution in [2.24, 2.45) is 44.8 Å². The Morgan fingerprint density at radius 2 is 1.72 bits per heavy atom. The molecule has 0 saturated heterocycles. The first-order valence-corrected chi connectivity index (χ1v) is 13.0. The molecule has 0 amide bonds. The van der Waals surface area contributed by atoms with Crippen LogP contribution in [-0.4, -0.2) is 16.9 Å². The van der Waals surface area contributed by atoms with Gasteiger partial charge in [0.15, 0.2) is 5.78 Å². The van der Waals surface area contributed by atoms with Crippen molar-refractivity contribution >= 4 is 11.8 Å². The van der Waals surface area contributed by atoms with Gasteiger partial charge in [-0.3, -0.25) is 9.59 Å². The summed E-state index contributed by atoms with van der Waals surface area (Å²) in [5, 5.41) is 10.4. The number of ketones is 1. The van der Waals surface area contributed by atoms with Gasteiger partial charge in [0.1, 0.15) is 5.41 Å². The average Bonchev–Trinajstić information content (AvgIpc) is 2.70. The molecule has 0 radical (unpaired) electrons. The molecular weight excluding hydrogens is 396 g/mol. The van der Waals surface area contributed by atoms with Gasteiger partial charge in [-0.05, 0) is 85.4 Å². The van der Waals surface area contributed by atoms with E-state index >= 15 is 0 Å². The molecule has 3 nitrogen and oxygen atoms in total. The number of aliphatic carboxylic acids is 1. The van der Waals surface area contributed by atoms with Crippen molar-refractivity contribution in [1.82, 2.24) is 0 Å². The van der Waals surface area contributed by atoms with Crippen molar-refractivity contribution in [1.29, 1.82) is 0 Å². The Bertz CT molecular complexity index is 940. The minimum absolute atomic E-state index is 0.0307. The van der Waals surface area contributed by atoms with Crippen LogP contribution in [0.3, 0.4) is 0 Å². The topological polar surface area (TPSA) is 54.4 Å². The lowest BCUT2D eigenvalue weighted by Crippen LogP contribution is -2.64. The summed E-state index contributed by atoms with van der Waals surface area (Å²) in [6.07, 6.45) is 13.5. The van der Waals surface area contributed by atoms with Crippen molar-refractivity contribution in [3.63, 3.8) is 0 Å². The SMILES string of the molecule is CC1=CCC(=O)C2(C(=O)O)CCC3(C)C(CC=C4C5(C)CCCC(C)(C)C5CCC43C)C12. The van der Waals surface area contributed by atoms with Crippen molar-refractivity contribution < 1.29 is 14.7 Å². The molecule has 0 spiro atoms. The predicted octanol–water partition coefficient (Wildman–Crippen LogP) is 6.97. The Morgan fingerprint density at radius 3 is 2.41 bits per heavy atom. The number of Topliss-reactive ketones (excluding diaryl/α,β-unsaturated/α-hetero) is 1. The lowest BCUT2D eigenvalue weighted by atomic mass is 9.34. The zero-order chi connectivity index (χ0) is 23.3. The zero-order valence-electron chi connectivity index (χ0n) is 21.0. The van der Waals surface area contributed by atoms with Gasteiger partial charge >= 0.3 is 5.97 Å². The quantitative estimate of drug-likeness (QED) is 0.355. The fourth-order valence-corrected chi connectivity index (χ4v) is 10.2. The number of hydrogen-bond donors (Lipinski definition) is 1. The lowest BCUT2D eigenvalue weighted by Gasteiger charge is -2.69. The van der Waals surface area contributed by atoms with E-state index in [1.54, 1.807) is 5.57 Å². The van der Waals surface area contributed by atoms with Crippen LogP contribution in [0, 0.1) is 44.8 Å². The first kappa shape index (κ1) is 22.4. The second-order valence-corrected chi connectivity index (χ2v) is 13.4. The van der Waals surface area contributed by atoms with E-state index in [9.17, 15) is 14.7 Å². The second-order valence-electron chi connectivity index (χ2n) is 13.4. The third-order valence-corrected chi connectivity index (χ3v) is 12.0. The molecule has 0 aliphatic heterocycles. The highest BCUT2D eigenvalue weighted by Crippen LogP contribution is 2.74. The smallest absolute Gasteiger partial charge is 0.317 e. The number of hydrogen-bond acceptors (Lipinski definition) is 2. The Balaban J connectivity index is 1.65. The number of carboxylic acids is 1.